The minimum Gasteiger partial charge on any atom is -0.395 e. The second-order valence-corrected chi connectivity index (χ2v) is 4.79. The second-order valence-electron chi connectivity index (χ2n) is 4.79. The first-order valence-corrected chi connectivity index (χ1v) is 6.46. The van der Waals surface area contributed by atoms with E-state index in [1.54, 1.807) is 4.90 Å². The van der Waals surface area contributed by atoms with E-state index < -0.39 is 11.6 Å². The van der Waals surface area contributed by atoms with Crippen LogP contribution >= 0.6 is 0 Å². The van der Waals surface area contributed by atoms with Crippen molar-refractivity contribution in [1.82, 2.24) is 4.90 Å². The smallest absolute Gasteiger partial charge is 0.223 e. The summed E-state index contributed by atoms with van der Waals surface area (Å²) in [6.45, 7) is 0.300. The van der Waals surface area contributed by atoms with E-state index in [-0.39, 0.29) is 25.0 Å². The maximum absolute atomic E-state index is 13.0. The molecule has 0 bridgehead atoms. The topological polar surface area (TPSA) is 40.5 Å². The fourth-order valence-electron chi connectivity index (χ4n) is 2.09. The number of amides is 1. The van der Waals surface area contributed by atoms with Gasteiger partial charge < -0.3 is 10.0 Å². The highest BCUT2D eigenvalue weighted by molar-refractivity contribution is 5.77. The standard InChI is InChI=1S/C14H17F2NO2/c15-12-5-1-10(9-13(12)16)2-6-14(19)17(7-8-18)11-3-4-11/h1,5,9,11,18H,2-4,6-8H2. The first-order chi connectivity index (χ1) is 9.11. The summed E-state index contributed by atoms with van der Waals surface area (Å²) in [6.07, 6.45) is 2.60. The summed E-state index contributed by atoms with van der Waals surface area (Å²) in [5.74, 6) is -1.81. The number of carbonyl (C=O) groups is 1. The average molecular weight is 269 g/mol. The molecule has 0 aromatic heterocycles. The van der Waals surface area contributed by atoms with E-state index in [9.17, 15) is 13.6 Å². The Bertz CT molecular complexity index is 461. The molecule has 1 fully saturated rings. The number of rotatable bonds is 6. The molecule has 1 saturated carbocycles. The van der Waals surface area contributed by atoms with E-state index in [1.807, 2.05) is 0 Å². The van der Waals surface area contributed by atoms with E-state index in [0.29, 0.717) is 18.5 Å². The Morgan fingerprint density at radius 2 is 2.05 bits per heavy atom. The van der Waals surface area contributed by atoms with Crippen LogP contribution in [0.1, 0.15) is 24.8 Å². The molecule has 2 rings (SSSR count). The summed E-state index contributed by atoms with van der Waals surface area (Å²) < 4.78 is 25.8. The molecule has 19 heavy (non-hydrogen) atoms. The van der Waals surface area contributed by atoms with E-state index in [4.69, 9.17) is 5.11 Å². The molecular formula is C14H17F2NO2. The van der Waals surface area contributed by atoms with Gasteiger partial charge in [-0.3, -0.25) is 4.79 Å². The van der Waals surface area contributed by atoms with Gasteiger partial charge in [-0.15, -0.1) is 0 Å². The fourth-order valence-corrected chi connectivity index (χ4v) is 2.09. The zero-order valence-corrected chi connectivity index (χ0v) is 10.6. The number of hydrogen-bond donors (Lipinski definition) is 1. The lowest BCUT2D eigenvalue weighted by atomic mass is 10.1. The van der Waals surface area contributed by atoms with Gasteiger partial charge in [0.15, 0.2) is 11.6 Å². The van der Waals surface area contributed by atoms with Crippen molar-refractivity contribution in [2.75, 3.05) is 13.2 Å². The summed E-state index contributed by atoms with van der Waals surface area (Å²) in [7, 11) is 0. The minimum atomic E-state index is -0.889. The number of carbonyl (C=O) groups excluding carboxylic acids is 1. The molecular weight excluding hydrogens is 252 g/mol. The van der Waals surface area contributed by atoms with Crippen molar-refractivity contribution in [3.63, 3.8) is 0 Å². The summed E-state index contributed by atoms with van der Waals surface area (Å²) in [5, 5.41) is 8.93. The molecule has 0 aliphatic heterocycles. The molecule has 1 aromatic rings. The van der Waals surface area contributed by atoms with Crippen molar-refractivity contribution in [3.05, 3.63) is 35.4 Å². The van der Waals surface area contributed by atoms with Crippen molar-refractivity contribution in [3.8, 4) is 0 Å². The van der Waals surface area contributed by atoms with E-state index in [2.05, 4.69) is 0 Å². The van der Waals surface area contributed by atoms with Crippen molar-refractivity contribution in [2.24, 2.45) is 0 Å². The Morgan fingerprint density at radius 3 is 2.63 bits per heavy atom. The molecule has 3 nitrogen and oxygen atoms in total. The summed E-state index contributed by atoms with van der Waals surface area (Å²) in [5.41, 5.74) is 0.604. The first kappa shape index (κ1) is 13.9. The third-order valence-corrected chi connectivity index (χ3v) is 3.26. The number of nitrogens with zero attached hydrogens (tertiary/aromatic N) is 1. The molecule has 1 aromatic carbocycles. The highest BCUT2D eigenvalue weighted by Crippen LogP contribution is 2.27. The van der Waals surface area contributed by atoms with Crippen LogP contribution in [0.3, 0.4) is 0 Å². The molecule has 0 unspecified atom stereocenters. The molecule has 1 aliphatic carbocycles. The van der Waals surface area contributed by atoms with Crippen molar-refractivity contribution in [2.45, 2.75) is 31.7 Å². The van der Waals surface area contributed by atoms with E-state index in [1.165, 1.54) is 6.07 Å². The Balaban J connectivity index is 1.89. The molecule has 0 saturated heterocycles. The highest BCUT2D eigenvalue weighted by Gasteiger charge is 2.31. The van der Waals surface area contributed by atoms with Gasteiger partial charge in [-0.05, 0) is 37.0 Å². The molecule has 1 aliphatic rings. The van der Waals surface area contributed by atoms with Crippen LogP contribution in [0.25, 0.3) is 0 Å². The monoisotopic (exact) mass is 269 g/mol. The Kier molecular flexibility index (Phi) is 4.47. The fraction of sp³-hybridized carbons (Fsp3) is 0.500. The van der Waals surface area contributed by atoms with Crippen molar-refractivity contribution >= 4 is 5.91 Å². The Morgan fingerprint density at radius 1 is 1.32 bits per heavy atom. The summed E-state index contributed by atoms with van der Waals surface area (Å²) in [6, 6.07) is 3.93. The van der Waals surface area contributed by atoms with Crippen LogP contribution in [0.5, 0.6) is 0 Å². The zero-order valence-electron chi connectivity index (χ0n) is 10.6. The third-order valence-electron chi connectivity index (χ3n) is 3.26. The third kappa shape index (κ3) is 3.73. The van der Waals surface area contributed by atoms with Crippen LogP contribution in [0.2, 0.25) is 0 Å². The lowest BCUT2D eigenvalue weighted by Crippen LogP contribution is -2.35. The molecule has 5 heteroatoms. The van der Waals surface area contributed by atoms with Crippen LogP contribution in [-0.4, -0.2) is 35.1 Å². The number of aryl methyl sites for hydroxylation is 1. The van der Waals surface area contributed by atoms with Crippen LogP contribution in [0, 0.1) is 11.6 Å². The predicted molar refractivity (Wildman–Crippen MR) is 66.5 cm³/mol. The molecule has 104 valence electrons. The highest BCUT2D eigenvalue weighted by atomic mass is 19.2. The SMILES string of the molecule is O=C(CCc1ccc(F)c(F)c1)N(CCO)C1CC1. The van der Waals surface area contributed by atoms with Gasteiger partial charge in [-0.1, -0.05) is 6.07 Å². The molecule has 0 atom stereocenters. The zero-order chi connectivity index (χ0) is 13.8. The van der Waals surface area contributed by atoms with Crippen LogP contribution in [0.15, 0.2) is 18.2 Å². The number of benzene rings is 1. The van der Waals surface area contributed by atoms with Crippen LogP contribution in [0.4, 0.5) is 8.78 Å². The normalized spacial score (nSPS) is 14.5. The van der Waals surface area contributed by atoms with Gasteiger partial charge in [-0.25, -0.2) is 8.78 Å². The predicted octanol–water partition coefficient (Wildman–Crippen LogP) is 1.88. The van der Waals surface area contributed by atoms with Crippen molar-refractivity contribution < 1.29 is 18.7 Å². The quantitative estimate of drug-likeness (QED) is 0.856. The lowest BCUT2D eigenvalue weighted by Gasteiger charge is -2.21. The van der Waals surface area contributed by atoms with Gasteiger partial charge in [-0.2, -0.15) is 0 Å². The number of hydrogen-bond acceptors (Lipinski definition) is 2. The maximum Gasteiger partial charge on any atom is 0.223 e. The molecule has 0 spiro atoms. The van der Waals surface area contributed by atoms with Gasteiger partial charge in [0.2, 0.25) is 5.91 Å². The molecule has 0 radical (unpaired) electrons. The van der Waals surface area contributed by atoms with Gasteiger partial charge in [0.05, 0.1) is 6.61 Å². The van der Waals surface area contributed by atoms with E-state index >= 15 is 0 Å². The minimum absolute atomic E-state index is 0.0405. The Hall–Kier alpha value is -1.49. The number of aliphatic hydroxyl groups is 1. The van der Waals surface area contributed by atoms with Gasteiger partial charge in [0, 0.05) is 19.0 Å². The van der Waals surface area contributed by atoms with Crippen LogP contribution < -0.4 is 0 Å². The molecule has 0 heterocycles. The largest absolute Gasteiger partial charge is 0.395 e. The summed E-state index contributed by atoms with van der Waals surface area (Å²) >= 11 is 0. The first-order valence-electron chi connectivity index (χ1n) is 6.46. The Labute approximate surface area is 110 Å². The number of halogens is 2. The van der Waals surface area contributed by atoms with E-state index in [0.717, 1.165) is 25.0 Å². The van der Waals surface area contributed by atoms with Gasteiger partial charge in [0.25, 0.3) is 0 Å². The van der Waals surface area contributed by atoms with Crippen molar-refractivity contribution in [1.29, 1.82) is 0 Å². The average Bonchev–Trinajstić information content (AvgIpc) is 3.21. The number of aliphatic hydroxyl groups excluding tert-OH is 1. The second kappa shape index (κ2) is 6.10. The van der Waals surface area contributed by atoms with Gasteiger partial charge >= 0.3 is 0 Å². The van der Waals surface area contributed by atoms with Gasteiger partial charge in [0.1, 0.15) is 0 Å². The summed E-state index contributed by atoms with van der Waals surface area (Å²) in [4.78, 5) is 13.7. The molecule has 1 N–H and O–H groups in total. The molecule has 1 amide bonds. The lowest BCUT2D eigenvalue weighted by molar-refractivity contribution is -0.132. The van der Waals surface area contributed by atoms with Crippen LogP contribution in [-0.2, 0) is 11.2 Å². The maximum atomic E-state index is 13.0.